The second-order valence-electron chi connectivity index (χ2n) is 2.96. The molecule has 1 heterocycles. The fourth-order valence-electron chi connectivity index (χ4n) is 1.38. The third kappa shape index (κ3) is 2.34. The Kier molecular flexibility index (Phi) is 3.29. The van der Waals surface area contributed by atoms with Gasteiger partial charge in [0.1, 0.15) is 0 Å². The van der Waals surface area contributed by atoms with Crippen molar-refractivity contribution in [3.05, 3.63) is 11.6 Å². The Hall–Kier alpha value is -0.830. The molecule has 3 nitrogen and oxygen atoms in total. The first-order chi connectivity index (χ1) is 5.74. The fraction of sp³-hybridized carbons (Fsp3) is 0.667. The van der Waals surface area contributed by atoms with Gasteiger partial charge in [-0.3, -0.25) is 0 Å². The van der Waals surface area contributed by atoms with Crippen molar-refractivity contribution in [1.29, 1.82) is 0 Å². The molecule has 68 valence electrons. The number of aliphatic carboxylic acids is 1. The largest absolute Gasteiger partial charge is 0.478 e. The summed E-state index contributed by atoms with van der Waals surface area (Å²) in [6, 6.07) is 0. The molecule has 1 unspecified atom stereocenters. The Morgan fingerprint density at radius 2 is 2.50 bits per heavy atom. The molecule has 0 radical (unpaired) electrons. The molecule has 0 aliphatic carbocycles. The fourth-order valence-corrected chi connectivity index (χ4v) is 1.38. The molecular weight excluding hydrogens is 156 g/mol. The molecule has 0 saturated carbocycles. The van der Waals surface area contributed by atoms with Crippen LogP contribution in [0.5, 0.6) is 0 Å². The minimum absolute atomic E-state index is 0.132. The van der Waals surface area contributed by atoms with Crippen molar-refractivity contribution in [2.75, 3.05) is 6.61 Å². The molecule has 0 aromatic heterocycles. The summed E-state index contributed by atoms with van der Waals surface area (Å²) in [7, 11) is 0. The Bertz CT molecular complexity index is 190. The molecule has 3 heteroatoms. The van der Waals surface area contributed by atoms with Gasteiger partial charge in [-0.05, 0) is 19.8 Å². The smallest absolute Gasteiger partial charge is 0.331 e. The lowest BCUT2D eigenvalue weighted by molar-refractivity contribution is -0.133. The zero-order chi connectivity index (χ0) is 8.97. The van der Waals surface area contributed by atoms with E-state index in [0.29, 0.717) is 12.0 Å². The van der Waals surface area contributed by atoms with Crippen molar-refractivity contribution < 1.29 is 14.6 Å². The number of carbonyl (C=O) groups is 1. The topological polar surface area (TPSA) is 46.5 Å². The van der Waals surface area contributed by atoms with E-state index < -0.39 is 5.97 Å². The first-order valence-electron chi connectivity index (χ1n) is 4.24. The first kappa shape index (κ1) is 9.26. The van der Waals surface area contributed by atoms with Crippen LogP contribution < -0.4 is 0 Å². The second-order valence-corrected chi connectivity index (χ2v) is 2.96. The second kappa shape index (κ2) is 4.26. The predicted octanol–water partition coefficient (Wildman–Crippen LogP) is 1.59. The van der Waals surface area contributed by atoms with Gasteiger partial charge in [-0.25, -0.2) is 4.79 Å². The van der Waals surface area contributed by atoms with Gasteiger partial charge in [-0.15, -0.1) is 0 Å². The highest BCUT2D eigenvalue weighted by Crippen LogP contribution is 2.19. The van der Waals surface area contributed by atoms with E-state index in [1.165, 1.54) is 0 Å². The molecule has 1 N–H and O–H groups in total. The van der Waals surface area contributed by atoms with E-state index in [-0.39, 0.29) is 6.10 Å². The van der Waals surface area contributed by atoms with E-state index in [4.69, 9.17) is 9.84 Å². The highest BCUT2D eigenvalue weighted by Gasteiger charge is 2.19. The number of hydrogen-bond donors (Lipinski definition) is 1. The zero-order valence-corrected chi connectivity index (χ0v) is 7.25. The third-order valence-electron chi connectivity index (χ3n) is 2.09. The van der Waals surface area contributed by atoms with Crippen LogP contribution in [0.1, 0.15) is 26.2 Å². The van der Waals surface area contributed by atoms with E-state index >= 15 is 0 Å². The van der Waals surface area contributed by atoms with Crippen LogP contribution in [0.4, 0.5) is 0 Å². The summed E-state index contributed by atoms with van der Waals surface area (Å²) in [5.41, 5.74) is 0.460. The van der Waals surface area contributed by atoms with Gasteiger partial charge in [0, 0.05) is 18.6 Å². The molecule has 1 fully saturated rings. The van der Waals surface area contributed by atoms with Crippen LogP contribution in [-0.4, -0.2) is 23.8 Å². The molecule has 1 atom stereocenters. The summed E-state index contributed by atoms with van der Waals surface area (Å²) < 4.78 is 5.33. The van der Waals surface area contributed by atoms with E-state index in [9.17, 15) is 4.79 Å². The Labute approximate surface area is 72.0 Å². The monoisotopic (exact) mass is 170 g/mol. The number of ether oxygens (including phenoxy) is 1. The van der Waals surface area contributed by atoms with Crippen LogP contribution in [0.15, 0.2) is 11.6 Å². The van der Waals surface area contributed by atoms with Crippen molar-refractivity contribution in [2.45, 2.75) is 32.3 Å². The van der Waals surface area contributed by atoms with Gasteiger partial charge >= 0.3 is 5.97 Å². The van der Waals surface area contributed by atoms with Crippen molar-refractivity contribution in [1.82, 2.24) is 0 Å². The number of hydrogen-bond acceptors (Lipinski definition) is 2. The van der Waals surface area contributed by atoms with Gasteiger partial charge in [0.05, 0.1) is 6.10 Å². The van der Waals surface area contributed by atoms with Crippen molar-refractivity contribution >= 4 is 5.97 Å². The summed E-state index contributed by atoms with van der Waals surface area (Å²) in [5, 5.41) is 8.71. The highest BCUT2D eigenvalue weighted by atomic mass is 16.5. The molecule has 1 saturated heterocycles. The van der Waals surface area contributed by atoms with Gasteiger partial charge in [-0.2, -0.15) is 0 Å². The van der Waals surface area contributed by atoms with Crippen LogP contribution in [0.2, 0.25) is 0 Å². The SMILES string of the molecule is CC=C(CC1CCCO1)C(=O)O. The summed E-state index contributed by atoms with van der Waals surface area (Å²) in [6.45, 7) is 2.53. The molecule has 0 aromatic rings. The van der Waals surface area contributed by atoms with Gasteiger partial charge in [0.2, 0.25) is 0 Å². The quantitative estimate of drug-likeness (QED) is 0.654. The highest BCUT2D eigenvalue weighted by molar-refractivity contribution is 5.86. The van der Waals surface area contributed by atoms with Crippen LogP contribution in [-0.2, 0) is 9.53 Å². The maximum Gasteiger partial charge on any atom is 0.331 e. The molecular formula is C9H14O3. The number of rotatable bonds is 3. The molecule has 0 amide bonds. The summed E-state index contributed by atoms with van der Waals surface area (Å²) in [5.74, 6) is -0.826. The van der Waals surface area contributed by atoms with Crippen LogP contribution in [0, 0.1) is 0 Å². The number of carboxylic acid groups (broad SMARTS) is 1. The van der Waals surface area contributed by atoms with E-state index in [1.807, 2.05) is 0 Å². The lowest BCUT2D eigenvalue weighted by Gasteiger charge is -2.08. The number of allylic oxidation sites excluding steroid dienone is 1. The molecule has 0 bridgehead atoms. The Balaban J connectivity index is 2.42. The van der Waals surface area contributed by atoms with Gasteiger partial charge in [0.25, 0.3) is 0 Å². The standard InChI is InChI=1S/C9H14O3/c1-2-7(9(10)11)6-8-4-3-5-12-8/h2,8H,3-6H2,1H3,(H,10,11). The first-order valence-corrected chi connectivity index (χ1v) is 4.24. The molecule has 0 aromatic carbocycles. The Morgan fingerprint density at radius 3 is 2.92 bits per heavy atom. The van der Waals surface area contributed by atoms with Crippen molar-refractivity contribution in [3.63, 3.8) is 0 Å². The van der Waals surface area contributed by atoms with Crippen molar-refractivity contribution in [3.8, 4) is 0 Å². The van der Waals surface area contributed by atoms with Gasteiger partial charge in [0.15, 0.2) is 0 Å². The van der Waals surface area contributed by atoms with Crippen LogP contribution in [0.25, 0.3) is 0 Å². The lowest BCUT2D eigenvalue weighted by atomic mass is 10.1. The van der Waals surface area contributed by atoms with E-state index in [1.54, 1.807) is 13.0 Å². The van der Waals surface area contributed by atoms with E-state index in [2.05, 4.69) is 0 Å². The molecule has 1 aliphatic heterocycles. The minimum atomic E-state index is -0.826. The van der Waals surface area contributed by atoms with Crippen molar-refractivity contribution in [2.24, 2.45) is 0 Å². The number of carboxylic acids is 1. The molecule has 1 aliphatic rings. The average molecular weight is 170 g/mol. The molecule has 1 rings (SSSR count). The lowest BCUT2D eigenvalue weighted by Crippen LogP contribution is -2.11. The minimum Gasteiger partial charge on any atom is -0.478 e. The predicted molar refractivity (Wildman–Crippen MR) is 45.0 cm³/mol. The normalized spacial score (nSPS) is 24.4. The third-order valence-corrected chi connectivity index (χ3v) is 2.09. The maximum absolute atomic E-state index is 10.6. The molecule has 0 spiro atoms. The van der Waals surface area contributed by atoms with Crippen LogP contribution in [0.3, 0.4) is 0 Å². The van der Waals surface area contributed by atoms with Crippen LogP contribution >= 0.6 is 0 Å². The summed E-state index contributed by atoms with van der Waals surface area (Å²) in [4.78, 5) is 10.6. The zero-order valence-electron chi connectivity index (χ0n) is 7.25. The average Bonchev–Trinajstić information content (AvgIpc) is 2.51. The van der Waals surface area contributed by atoms with Gasteiger partial charge in [-0.1, -0.05) is 6.08 Å². The Morgan fingerprint density at radius 1 is 1.75 bits per heavy atom. The summed E-state index contributed by atoms with van der Waals surface area (Å²) in [6.07, 6.45) is 4.37. The maximum atomic E-state index is 10.6. The summed E-state index contributed by atoms with van der Waals surface area (Å²) >= 11 is 0. The molecule has 12 heavy (non-hydrogen) atoms. The van der Waals surface area contributed by atoms with E-state index in [0.717, 1.165) is 19.4 Å². The van der Waals surface area contributed by atoms with Gasteiger partial charge < -0.3 is 9.84 Å².